The molecule has 0 saturated heterocycles. The summed E-state index contributed by atoms with van der Waals surface area (Å²) in [6, 6.07) is 8.40. The minimum absolute atomic E-state index is 0.0619. The van der Waals surface area contributed by atoms with Crippen molar-refractivity contribution in [1.82, 2.24) is 0 Å². The fourth-order valence-corrected chi connectivity index (χ4v) is 2.30. The third-order valence-corrected chi connectivity index (χ3v) is 3.50. The first-order valence-corrected chi connectivity index (χ1v) is 5.99. The van der Waals surface area contributed by atoms with Crippen molar-refractivity contribution in [1.29, 1.82) is 5.26 Å². The molecule has 1 aliphatic rings. The molecule has 0 bridgehead atoms. The maximum atomic E-state index is 9.30. The van der Waals surface area contributed by atoms with Crippen LogP contribution in [-0.4, -0.2) is 0 Å². The highest BCUT2D eigenvalue weighted by molar-refractivity contribution is 6.30. The Hall–Kier alpha value is -1.00. The Labute approximate surface area is 102 Å². The van der Waals surface area contributed by atoms with E-state index < -0.39 is 0 Å². The van der Waals surface area contributed by atoms with Gasteiger partial charge >= 0.3 is 0 Å². The van der Waals surface area contributed by atoms with E-state index >= 15 is 0 Å². The fourth-order valence-electron chi connectivity index (χ4n) is 2.13. The maximum absolute atomic E-state index is 9.30. The highest BCUT2D eigenvalue weighted by Gasteiger charge is 2.47. The Morgan fingerprint density at radius 1 is 1.31 bits per heavy atom. The average Bonchev–Trinajstić information content (AvgIpc) is 2.96. The second-order valence-corrected chi connectivity index (χ2v) is 6.07. The van der Waals surface area contributed by atoms with Gasteiger partial charge in [0.15, 0.2) is 0 Å². The highest BCUT2D eigenvalue weighted by Crippen LogP contribution is 2.51. The molecule has 0 amide bonds. The lowest BCUT2D eigenvalue weighted by Crippen LogP contribution is -2.18. The molecule has 1 aromatic carbocycles. The molecule has 0 unspecified atom stereocenters. The molecule has 0 aromatic heterocycles. The van der Waals surface area contributed by atoms with E-state index in [0.717, 1.165) is 23.4 Å². The second-order valence-electron chi connectivity index (χ2n) is 5.63. The topological polar surface area (TPSA) is 23.8 Å². The monoisotopic (exact) mass is 233 g/mol. The van der Waals surface area contributed by atoms with Crippen molar-refractivity contribution in [2.75, 3.05) is 0 Å². The number of benzene rings is 1. The lowest BCUT2D eigenvalue weighted by atomic mass is 9.79. The molecular weight excluding hydrogens is 218 g/mol. The summed E-state index contributed by atoms with van der Waals surface area (Å²) in [6.45, 7) is 6.52. The Morgan fingerprint density at radius 2 is 1.94 bits per heavy atom. The lowest BCUT2D eigenvalue weighted by molar-refractivity contribution is 0.577. The molecule has 16 heavy (non-hydrogen) atoms. The molecular formula is C14H16ClN. The smallest absolute Gasteiger partial charge is 0.0827 e. The summed E-state index contributed by atoms with van der Waals surface area (Å²) in [7, 11) is 0. The van der Waals surface area contributed by atoms with Crippen molar-refractivity contribution >= 4 is 11.6 Å². The predicted octanol–water partition coefficient (Wildman–Crippen LogP) is 4.19. The number of hydrogen-bond acceptors (Lipinski definition) is 1. The van der Waals surface area contributed by atoms with Crippen LogP contribution in [0.5, 0.6) is 0 Å². The van der Waals surface area contributed by atoms with Crippen LogP contribution in [0.2, 0.25) is 5.02 Å². The van der Waals surface area contributed by atoms with E-state index in [1.54, 1.807) is 0 Å². The third kappa shape index (κ3) is 1.83. The molecule has 1 fully saturated rings. The Bertz CT molecular complexity index is 459. The summed E-state index contributed by atoms with van der Waals surface area (Å²) in [4.78, 5) is 0. The maximum Gasteiger partial charge on any atom is 0.0827 e. The number of hydrogen-bond donors (Lipinski definition) is 0. The van der Waals surface area contributed by atoms with Gasteiger partial charge in [0.05, 0.1) is 11.5 Å². The predicted molar refractivity (Wildman–Crippen MR) is 66.7 cm³/mol. The van der Waals surface area contributed by atoms with E-state index in [1.807, 2.05) is 12.1 Å². The summed E-state index contributed by atoms with van der Waals surface area (Å²) in [5.74, 6) is 0. The lowest BCUT2D eigenvalue weighted by Gasteiger charge is -2.25. The zero-order valence-corrected chi connectivity index (χ0v) is 10.7. The van der Waals surface area contributed by atoms with Gasteiger partial charge in [-0.3, -0.25) is 0 Å². The largest absolute Gasteiger partial charge is 0.197 e. The molecule has 0 radical (unpaired) electrons. The summed E-state index contributed by atoms with van der Waals surface area (Å²) in [6.07, 6.45) is 1.93. The number of rotatable bonds is 1. The minimum atomic E-state index is -0.256. The van der Waals surface area contributed by atoms with Gasteiger partial charge in [-0.05, 0) is 41.5 Å². The van der Waals surface area contributed by atoms with Gasteiger partial charge in [-0.2, -0.15) is 5.26 Å². The van der Waals surface area contributed by atoms with E-state index in [0.29, 0.717) is 0 Å². The Morgan fingerprint density at radius 3 is 2.38 bits per heavy atom. The molecule has 0 aliphatic heterocycles. The zero-order valence-electron chi connectivity index (χ0n) is 9.97. The summed E-state index contributed by atoms with van der Waals surface area (Å²) in [5, 5.41) is 10.0. The molecule has 1 aliphatic carbocycles. The Kier molecular flexibility index (Phi) is 2.51. The normalized spacial score (nSPS) is 17.9. The quantitative estimate of drug-likeness (QED) is 0.714. The van der Waals surface area contributed by atoms with Crippen LogP contribution >= 0.6 is 11.6 Å². The van der Waals surface area contributed by atoms with Crippen LogP contribution in [0.3, 0.4) is 0 Å². The van der Waals surface area contributed by atoms with E-state index in [-0.39, 0.29) is 10.8 Å². The van der Waals surface area contributed by atoms with Gasteiger partial charge in [0.25, 0.3) is 0 Å². The first kappa shape index (κ1) is 11.5. The molecule has 2 heteroatoms. The van der Waals surface area contributed by atoms with Gasteiger partial charge in [-0.25, -0.2) is 0 Å². The van der Waals surface area contributed by atoms with E-state index in [1.165, 1.54) is 5.56 Å². The first-order chi connectivity index (χ1) is 7.39. The molecule has 84 valence electrons. The number of nitriles is 1. The van der Waals surface area contributed by atoms with Crippen LogP contribution in [0, 0.1) is 11.3 Å². The van der Waals surface area contributed by atoms with Gasteiger partial charge in [0.2, 0.25) is 0 Å². The van der Waals surface area contributed by atoms with Crippen molar-refractivity contribution < 1.29 is 0 Å². The van der Waals surface area contributed by atoms with E-state index in [9.17, 15) is 5.26 Å². The molecule has 1 aromatic rings. The molecule has 1 saturated carbocycles. The molecule has 1 nitrogen and oxygen atoms in total. The van der Waals surface area contributed by atoms with Crippen LogP contribution in [0.25, 0.3) is 0 Å². The minimum Gasteiger partial charge on any atom is -0.197 e. The van der Waals surface area contributed by atoms with Gasteiger partial charge in [0.1, 0.15) is 0 Å². The molecule has 0 atom stereocenters. The molecule has 0 heterocycles. The van der Waals surface area contributed by atoms with Crippen LogP contribution in [0.1, 0.15) is 44.7 Å². The SMILES string of the molecule is CC(C)(C)c1ccc(Cl)cc1C1(C#N)CC1. The average molecular weight is 234 g/mol. The standard InChI is InChI=1S/C14H16ClN/c1-13(2,3)11-5-4-10(15)8-12(11)14(9-16)6-7-14/h4-5,8H,6-7H2,1-3H3. The number of nitrogens with zero attached hydrogens (tertiary/aromatic N) is 1. The van der Waals surface area contributed by atoms with Gasteiger partial charge < -0.3 is 0 Å². The highest BCUT2D eigenvalue weighted by atomic mass is 35.5. The van der Waals surface area contributed by atoms with Crippen molar-refractivity contribution in [2.24, 2.45) is 0 Å². The fraction of sp³-hybridized carbons (Fsp3) is 0.500. The van der Waals surface area contributed by atoms with Crippen LogP contribution in [-0.2, 0) is 10.8 Å². The molecule has 0 N–H and O–H groups in total. The third-order valence-electron chi connectivity index (χ3n) is 3.27. The van der Waals surface area contributed by atoms with Crippen molar-refractivity contribution in [3.05, 3.63) is 34.3 Å². The van der Waals surface area contributed by atoms with Crippen molar-refractivity contribution in [2.45, 2.75) is 44.4 Å². The van der Waals surface area contributed by atoms with E-state index in [4.69, 9.17) is 11.6 Å². The van der Waals surface area contributed by atoms with Gasteiger partial charge in [-0.15, -0.1) is 0 Å². The second kappa shape index (κ2) is 3.50. The van der Waals surface area contributed by atoms with Crippen molar-refractivity contribution in [3.63, 3.8) is 0 Å². The van der Waals surface area contributed by atoms with Crippen molar-refractivity contribution in [3.8, 4) is 6.07 Å². The zero-order chi connectivity index (χ0) is 12.0. The number of halogens is 1. The van der Waals surface area contributed by atoms with Crippen LogP contribution < -0.4 is 0 Å². The molecule has 0 spiro atoms. The summed E-state index contributed by atoms with van der Waals surface area (Å²) in [5.41, 5.74) is 2.19. The first-order valence-electron chi connectivity index (χ1n) is 5.61. The van der Waals surface area contributed by atoms with Crippen LogP contribution in [0.4, 0.5) is 0 Å². The summed E-state index contributed by atoms with van der Waals surface area (Å²) < 4.78 is 0. The van der Waals surface area contributed by atoms with Gasteiger partial charge in [-0.1, -0.05) is 38.4 Å². The van der Waals surface area contributed by atoms with Crippen LogP contribution in [0.15, 0.2) is 18.2 Å². The summed E-state index contributed by atoms with van der Waals surface area (Å²) >= 11 is 6.05. The van der Waals surface area contributed by atoms with E-state index in [2.05, 4.69) is 32.9 Å². The molecule has 2 rings (SSSR count). The van der Waals surface area contributed by atoms with Gasteiger partial charge in [0, 0.05) is 5.02 Å². The Balaban J connectivity index is 2.60.